The molecule has 0 unspecified atom stereocenters. The van der Waals surface area contributed by atoms with Crippen LogP contribution < -0.4 is 11.2 Å². The summed E-state index contributed by atoms with van der Waals surface area (Å²) in [5.74, 6) is 0.597. The van der Waals surface area contributed by atoms with Crippen LogP contribution in [0.15, 0.2) is 9.59 Å². The molecule has 1 saturated heterocycles. The highest BCUT2D eigenvalue weighted by Gasteiger charge is 2.18. The van der Waals surface area contributed by atoms with Crippen molar-refractivity contribution < 1.29 is 9.57 Å². The minimum atomic E-state index is -0.392. The first kappa shape index (κ1) is 14.9. The third-order valence-corrected chi connectivity index (χ3v) is 3.91. The molecule has 0 amide bonds. The number of rotatable bonds is 3. The largest absolute Gasteiger partial charge is 0.379 e. The SMILES string of the molecule is Cn1c(=O)c2c(nc(CON3CCOCC3)n2C)n(C)c1=O. The van der Waals surface area contributed by atoms with Gasteiger partial charge in [0.2, 0.25) is 0 Å². The molecule has 1 aliphatic heterocycles. The molecule has 3 heterocycles. The molecule has 1 fully saturated rings. The predicted molar refractivity (Wildman–Crippen MR) is 78.4 cm³/mol. The van der Waals surface area contributed by atoms with Gasteiger partial charge in [0, 0.05) is 34.2 Å². The van der Waals surface area contributed by atoms with Gasteiger partial charge in [0.05, 0.1) is 13.2 Å². The van der Waals surface area contributed by atoms with Crippen molar-refractivity contribution in [3.8, 4) is 0 Å². The molecule has 0 aromatic carbocycles. The summed E-state index contributed by atoms with van der Waals surface area (Å²) in [6.07, 6.45) is 0. The minimum absolute atomic E-state index is 0.239. The Kier molecular flexibility index (Phi) is 3.85. The van der Waals surface area contributed by atoms with Gasteiger partial charge in [0.25, 0.3) is 5.56 Å². The van der Waals surface area contributed by atoms with Crippen molar-refractivity contribution in [1.82, 2.24) is 23.7 Å². The number of ether oxygens (including phenoxy) is 1. The minimum Gasteiger partial charge on any atom is -0.379 e. The Balaban J connectivity index is 1.96. The van der Waals surface area contributed by atoms with Gasteiger partial charge in [-0.05, 0) is 0 Å². The molecule has 0 spiro atoms. The lowest BCUT2D eigenvalue weighted by molar-refractivity contribution is -0.204. The highest BCUT2D eigenvalue weighted by molar-refractivity contribution is 5.70. The van der Waals surface area contributed by atoms with E-state index in [1.54, 1.807) is 18.7 Å². The molecule has 0 atom stereocenters. The van der Waals surface area contributed by atoms with Gasteiger partial charge in [-0.25, -0.2) is 9.78 Å². The van der Waals surface area contributed by atoms with Crippen LogP contribution in [0.2, 0.25) is 0 Å². The van der Waals surface area contributed by atoms with E-state index in [1.807, 2.05) is 5.06 Å². The number of aryl methyl sites for hydroxylation is 2. The van der Waals surface area contributed by atoms with E-state index < -0.39 is 5.69 Å². The van der Waals surface area contributed by atoms with Crippen LogP contribution in [0.1, 0.15) is 5.82 Å². The van der Waals surface area contributed by atoms with Gasteiger partial charge < -0.3 is 9.30 Å². The third-order valence-electron chi connectivity index (χ3n) is 3.91. The number of nitrogens with zero attached hydrogens (tertiary/aromatic N) is 5. The van der Waals surface area contributed by atoms with Gasteiger partial charge in [-0.1, -0.05) is 0 Å². The van der Waals surface area contributed by atoms with Crippen LogP contribution >= 0.6 is 0 Å². The fourth-order valence-electron chi connectivity index (χ4n) is 2.52. The van der Waals surface area contributed by atoms with Crippen molar-refractivity contribution in [1.29, 1.82) is 0 Å². The lowest BCUT2D eigenvalue weighted by Crippen LogP contribution is -2.37. The second-order valence-corrected chi connectivity index (χ2v) is 5.28. The number of fused-ring (bicyclic) bond motifs is 1. The molecule has 0 bridgehead atoms. The lowest BCUT2D eigenvalue weighted by atomic mass is 10.5. The van der Waals surface area contributed by atoms with E-state index in [9.17, 15) is 9.59 Å². The number of hydroxylamine groups is 2. The summed E-state index contributed by atoms with van der Waals surface area (Å²) in [5.41, 5.74) is 0.0170. The average molecular weight is 309 g/mol. The van der Waals surface area contributed by atoms with Gasteiger partial charge in [-0.3, -0.25) is 18.8 Å². The zero-order valence-electron chi connectivity index (χ0n) is 12.9. The van der Waals surface area contributed by atoms with Crippen molar-refractivity contribution in [2.75, 3.05) is 26.3 Å². The van der Waals surface area contributed by atoms with Crippen molar-refractivity contribution >= 4 is 11.2 Å². The monoisotopic (exact) mass is 309 g/mol. The summed E-state index contributed by atoms with van der Waals surface area (Å²) in [6.45, 7) is 2.91. The Morgan fingerprint density at radius 3 is 2.45 bits per heavy atom. The molecule has 3 rings (SSSR count). The number of morpholine rings is 1. The van der Waals surface area contributed by atoms with Crippen molar-refractivity contribution in [2.24, 2.45) is 21.1 Å². The Bertz CT molecular complexity index is 812. The molecule has 0 saturated carbocycles. The third kappa shape index (κ3) is 2.36. The van der Waals surface area contributed by atoms with E-state index in [1.165, 1.54) is 11.6 Å². The summed E-state index contributed by atoms with van der Waals surface area (Å²) in [4.78, 5) is 34.3. The number of imidazole rings is 1. The second-order valence-electron chi connectivity index (χ2n) is 5.28. The Hall–Kier alpha value is -1.97. The van der Waals surface area contributed by atoms with Crippen molar-refractivity contribution in [3.05, 3.63) is 26.7 Å². The van der Waals surface area contributed by atoms with Gasteiger partial charge in [-0.2, -0.15) is 5.06 Å². The molecular formula is C13H19N5O4. The molecule has 2 aromatic rings. The van der Waals surface area contributed by atoms with E-state index in [2.05, 4.69) is 4.98 Å². The highest BCUT2D eigenvalue weighted by Crippen LogP contribution is 2.11. The molecule has 1 aliphatic rings. The molecule has 0 aliphatic carbocycles. The molecular weight excluding hydrogens is 290 g/mol. The van der Waals surface area contributed by atoms with Gasteiger partial charge in [0.1, 0.15) is 12.4 Å². The van der Waals surface area contributed by atoms with Crippen molar-refractivity contribution in [3.63, 3.8) is 0 Å². The van der Waals surface area contributed by atoms with E-state index in [0.29, 0.717) is 43.3 Å². The van der Waals surface area contributed by atoms with Gasteiger partial charge in [-0.15, -0.1) is 0 Å². The summed E-state index contributed by atoms with van der Waals surface area (Å²) in [5, 5.41) is 1.82. The Morgan fingerprint density at radius 1 is 1.09 bits per heavy atom. The van der Waals surface area contributed by atoms with Crippen LogP contribution in [0, 0.1) is 0 Å². The number of hydrogen-bond acceptors (Lipinski definition) is 6. The normalized spacial score (nSPS) is 16.5. The van der Waals surface area contributed by atoms with E-state index in [-0.39, 0.29) is 12.2 Å². The Labute approximate surface area is 126 Å². The summed E-state index contributed by atoms with van der Waals surface area (Å²) in [6, 6.07) is 0. The zero-order chi connectivity index (χ0) is 15.9. The van der Waals surface area contributed by atoms with Crippen molar-refractivity contribution in [2.45, 2.75) is 6.61 Å². The maximum absolute atomic E-state index is 12.3. The van der Waals surface area contributed by atoms with Crippen LogP contribution in [-0.2, 0) is 37.3 Å². The molecule has 2 aromatic heterocycles. The van der Waals surface area contributed by atoms with E-state index >= 15 is 0 Å². The molecule has 22 heavy (non-hydrogen) atoms. The maximum atomic E-state index is 12.3. The van der Waals surface area contributed by atoms with Crippen LogP contribution in [0.3, 0.4) is 0 Å². The van der Waals surface area contributed by atoms with E-state index in [4.69, 9.17) is 9.57 Å². The fourth-order valence-corrected chi connectivity index (χ4v) is 2.52. The average Bonchev–Trinajstić information content (AvgIpc) is 2.87. The maximum Gasteiger partial charge on any atom is 0.332 e. The molecule has 120 valence electrons. The molecule has 0 radical (unpaired) electrons. The summed E-state index contributed by atoms with van der Waals surface area (Å²) < 4.78 is 9.38. The van der Waals surface area contributed by atoms with Gasteiger partial charge in [0.15, 0.2) is 11.2 Å². The zero-order valence-corrected chi connectivity index (χ0v) is 12.9. The number of aromatic nitrogens is 4. The smallest absolute Gasteiger partial charge is 0.332 e. The molecule has 9 nitrogen and oxygen atoms in total. The predicted octanol–water partition coefficient (Wildman–Crippen LogP) is -1.27. The lowest BCUT2D eigenvalue weighted by Gasteiger charge is -2.25. The topological polar surface area (TPSA) is 83.5 Å². The van der Waals surface area contributed by atoms with Crippen LogP contribution in [-0.4, -0.2) is 50.1 Å². The first-order valence-corrected chi connectivity index (χ1v) is 7.07. The van der Waals surface area contributed by atoms with Gasteiger partial charge >= 0.3 is 5.69 Å². The fraction of sp³-hybridized carbons (Fsp3) is 0.615. The first-order chi connectivity index (χ1) is 10.5. The first-order valence-electron chi connectivity index (χ1n) is 7.07. The van der Waals surface area contributed by atoms with Crippen LogP contribution in [0.4, 0.5) is 0 Å². The quantitative estimate of drug-likeness (QED) is 0.703. The summed E-state index contributed by atoms with van der Waals surface area (Å²) >= 11 is 0. The van der Waals surface area contributed by atoms with Crippen LogP contribution in [0.25, 0.3) is 11.2 Å². The standard InChI is InChI=1S/C13H19N5O4/c1-15-9(8-22-18-4-6-21-7-5-18)14-11-10(15)12(19)17(3)13(20)16(11)2/h4-8H2,1-3H3. The highest BCUT2D eigenvalue weighted by atomic mass is 16.7. The van der Waals surface area contributed by atoms with Crippen LogP contribution in [0.5, 0.6) is 0 Å². The number of hydrogen-bond donors (Lipinski definition) is 0. The van der Waals surface area contributed by atoms with E-state index in [0.717, 1.165) is 4.57 Å². The Morgan fingerprint density at radius 2 is 1.77 bits per heavy atom. The summed E-state index contributed by atoms with van der Waals surface area (Å²) in [7, 11) is 4.81. The molecule has 0 N–H and O–H groups in total. The second kappa shape index (κ2) is 5.67. The molecule has 9 heteroatoms.